The van der Waals surface area contributed by atoms with Gasteiger partial charge in [-0.05, 0) is 34.1 Å². The van der Waals surface area contributed by atoms with E-state index in [1.54, 1.807) is 30.6 Å². The lowest BCUT2D eigenvalue weighted by Crippen LogP contribution is -2.26. The van der Waals surface area contributed by atoms with Gasteiger partial charge < -0.3 is 0 Å². The minimum atomic E-state index is -3.54. The van der Waals surface area contributed by atoms with Gasteiger partial charge in [0.2, 0.25) is 10.0 Å². The van der Waals surface area contributed by atoms with Crippen molar-refractivity contribution in [1.82, 2.24) is 14.5 Å². The molecule has 0 aliphatic rings. The molecular weight excluding hydrogens is 398 g/mol. The predicted molar refractivity (Wildman–Crippen MR) is 79.1 cm³/mol. The zero-order chi connectivity index (χ0) is 14.0. The topological polar surface area (TPSA) is 66.1 Å². The summed E-state index contributed by atoms with van der Waals surface area (Å²) < 4.78 is 27.5. The van der Waals surface area contributed by atoms with E-state index in [1.165, 1.54) is 11.4 Å². The second-order valence-corrected chi connectivity index (χ2v) is 7.73. The third-order valence-corrected chi connectivity index (χ3v) is 5.82. The van der Waals surface area contributed by atoms with Crippen LogP contribution in [0, 0.1) is 0 Å². The van der Waals surface area contributed by atoms with E-state index in [0.717, 1.165) is 10.0 Å². The Morgan fingerprint density at radius 3 is 2.68 bits per heavy atom. The van der Waals surface area contributed by atoms with Crippen molar-refractivity contribution in [3.63, 3.8) is 0 Å². The Morgan fingerprint density at radius 2 is 2.11 bits per heavy atom. The molecular formula is C11H11Br2N3O2S. The summed E-state index contributed by atoms with van der Waals surface area (Å²) in [5, 5.41) is 6.46. The van der Waals surface area contributed by atoms with Crippen molar-refractivity contribution < 1.29 is 8.42 Å². The number of nitrogens with one attached hydrogen (secondary N) is 1. The highest BCUT2D eigenvalue weighted by Crippen LogP contribution is 2.28. The van der Waals surface area contributed by atoms with Gasteiger partial charge in [-0.15, -0.1) is 0 Å². The maximum absolute atomic E-state index is 12.4. The van der Waals surface area contributed by atoms with E-state index in [9.17, 15) is 8.42 Å². The molecule has 0 aliphatic carbocycles. The Morgan fingerprint density at radius 1 is 1.37 bits per heavy atom. The van der Waals surface area contributed by atoms with Crippen molar-refractivity contribution in [2.75, 3.05) is 7.05 Å². The molecule has 1 N–H and O–H groups in total. The van der Waals surface area contributed by atoms with E-state index in [2.05, 4.69) is 42.1 Å². The highest BCUT2D eigenvalue weighted by molar-refractivity contribution is 9.11. The number of aromatic amines is 1. The second-order valence-electron chi connectivity index (χ2n) is 3.94. The van der Waals surface area contributed by atoms with Gasteiger partial charge in [0.15, 0.2) is 0 Å². The monoisotopic (exact) mass is 407 g/mol. The summed E-state index contributed by atoms with van der Waals surface area (Å²) in [5.41, 5.74) is 0.805. The fraction of sp³-hybridized carbons (Fsp3) is 0.182. The number of aromatic nitrogens is 2. The van der Waals surface area contributed by atoms with E-state index >= 15 is 0 Å². The molecule has 0 aliphatic heterocycles. The van der Waals surface area contributed by atoms with Gasteiger partial charge in [-0.2, -0.15) is 9.40 Å². The van der Waals surface area contributed by atoms with Crippen LogP contribution in [0.1, 0.15) is 5.56 Å². The molecule has 0 bridgehead atoms. The molecule has 1 aromatic heterocycles. The number of benzene rings is 1. The molecule has 0 fully saturated rings. The van der Waals surface area contributed by atoms with Gasteiger partial charge in [-0.3, -0.25) is 5.10 Å². The summed E-state index contributed by atoms with van der Waals surface area (Å²) in [6.45, 7) is 0.265. The molecule has 19 heavy (non-hydrogen) atoms. The minimum Gasteiger partial charge on any atom is -0.285 e. The average Bonchev–Trinajstić information content (AvgIpc) is 2.81. The van der Waals surface area contributed by atoms with Crippen molar-refractivity contribution >= 4 is 41.9 Å². The van der Waals surface area contributed by atoms with Crippen LogP contribution in [0.15, 0.2) is 44.4 Å². The molecule has 8 heteroatoms. The molecule has 1 aromatic carbocycles. The second kappa shape index (κ2) is 5.74. The van der Waals surface area contributed by atoms with Crippen molar-refractivity contribution in [3.8, 4) is 0 Å². The van der Waals surface area contributed by atoms with Crippen LogP contribution in [0.25, 0.3) is 0 Å². The largest absolute Gasteiger partial charge is 0.285 e. The molecule has 0 atom stereocenters. The summed E-state index contributed by atoms with van der Waals surface area (Å²) in [5.74, 6) is 0. The first kappa shape index (κ1) is 14.7. The number of hydrogen-bond donors (Lipinski definition) is 1. The van der Waals surface area contributed by atoms with Crippen molar-refractivity contribution in [2.45, 2.75) is 11.4 Å². The van der Waals surface area contributed by atoms with Crippen LogP contribution in [0.2, 0.25) is 0 Å². The predicted octanol–water partition coefficient (Wildman–Crippen LogP) is 2.76. The zero-order valence-corrected chi connectivity index (χ0v) is 14.0. The number of sulfonamides is 1. The van der Waals surface area contributed by atoms with Gasteiger partial charge in [-0.25, -0.2) is 8.42 Å². The average molecular weight is 409 g/mol. The quantitative estimate of drug-likeness (QED) is 0.845. The molecule has 102 valence electrons. The Hall–Kier alpha value is -0.700. The molecule has 0 amide bonds. The van der Waals surface area contributed by atoms with Crippen LogP contribution in [0.5, 0.6) is 0 Å². The first-order valence-corrected chi connectivity index (χ1v) is 8.33. The fourth-order valence-corrected chi connectivity index (χ4v) is 4.42. The van der Waals surface area contributed by atoms with Crippen LogP contribution < -0.4 is 0 Å². The van der Waals surface area contributed by atoms with E-state index < -0.39 is 10.0 Å². The van der Waals surface area contributed by atoms with Crippen molar-refractivity contribution in [3.05, 3.63) is 45.1 Å². The molecule has 2 rings (SSSR count). The molecule has 0 spiro atoms. The molecule has 2 aromatic rings. The highest BCUT2D eigenvalue weighted by Gasteiger charge is 2.23. The van der Waals surface area contributed by atoms with Crippen molar-refractivity contribution in [2.24, 2.45) is 0 Å². The Balaban J connectivity index is 2.31. The number of halogens is 2. The first-order valence-electron chi connectivity index (χ1n) is 5.30. The third-order valence-electron chi connectivity index (χ3n) is 2.54. The van der Waals surface area contributed by atoms with E-state index in [4.69, 9.17) is 0 Å². The Kier molecular flexibility index (Phi) is 4.44. The lowest BCUT2D eigenvalue weighted by molar-refractivity contribution is 0.466. The normalized spacial score (nSPS) is 12.0. The van der Waals surface area contributed by atoms with Crippen LogP contribution in [-0.2, 0) is 16.6 Å². The number of nitrogens with zero attached hydrogens (tertiary/aromatic N) is 2. The highest BCUT2D eigenvalue weighted by atomic mass is 79.9. The summed E-state index contributed by atoms with van der Waals surface area (Å²) in [7, 11) is -2.00. The fourth-order valence-electron chi connectivity index (χ4n) is 1.56. The van der Waals surface area contributed by atoms with Crippen LogP contribution in [0.4, 0.5) is 0 Å². The summed E-state index contributed by atoms with van der Waals surface area (Å²) in [4.78, 5) is 0.238. The lowest BCUT2D eigenvalue weighted by Gasteiger charge is -2.17. The van der Waals surface area contributed by atoms with Crippen LogP contribution in [-0.4, -0.2) is 30.0 Å². The van der Waals surface area contributed by atoms with E-state index in [1.807, 2.05) is 0 Å². The van der Waals surface area contributed by atoms with Gasteiger partial charge in [0.25, 0.3) is 0 Å². The molecule has 1 heterocycles. The maximum Gasteiger partial charge on any atom is 0.244 e. The number of H-pyrrole nitrogens is 1. The van der Waals surface area contributed by atoms with Gasteiger partial charge >= 0.3 is 0 Å². The lowest BCUT2D eigenvalue weighted by atomic mass is 10.4. The summed E-state index contributed by atoms with van der Waals surface area (Å²) in [6, 6.07) is 4.97. The molecule has 0 saturated carbocycles. The van der Waals surface area contributed by atoms with E-state index in [-0.39, 0.29) is 11.4 Å². The molecule has 5 nitrogen and oxygen atoms in total. The van der Waals surface area contributed by atoms with Crippen LogP contribution in [0.3, 0.4) is 0 Å². The molecule has 0 unspecified atom stereocenters. The van der Waals surface area contributed by atoms with Gasteiger partial charge in [-0.1, -0.05) is 15.9 Å². The van der Waals surface area contributed by atoms with Crippen molar-refractivity contribution in [1.29, 1.82) is 0 Å². The van der Waals surface area contributed by atoms with E-state index in [0.29, 0.717) is 4.47 Å². The molecule has 0 radical (unpaired) electrons. The maximum atomic E-state index is 12.4. The summed E-state index contributed by atoms with van der Waals surface area (Å²) in [6.07, 6.45) is 3.27. The zero-order valence-electron chi connectivity index (χ0n) is 9.97. The Labute approximate surface area is 128 Å². The molecule has 0 saturated heterocycles. The first-order chi connectivity index (χ1) is 8.91. The van der Waals surface area contributed by atoms with Gasteiger partial charge in [0.05, 0.1) is 11.1 Å². The number of rotatable bonds is 4. The van der Waals surface area contributed by atoms with Gasteiger partial charge in [0, 0.05) is 34.3 Å². The number of hydrogen-bond acceptors (Lipinski definition) is 3. The smallest absolute Gasteiger partial charge is 0.244 e. The van der Waals surface area contributed by atoms with Crippen LogP contribution >= 0.6 is 31.9 Å². The SMILES string of the molecule is CN(Cc1cn[nH]c1)S(=O)(=O)c1ccc(Br)cc1Br. The van der Waals surface area contributed by atoms with Gasteiger partial charge in [0.1, 0.15) is 0 Å². The Bertz CT molecular complexity index is 671. The standard InChI is InChI=1S/C11H11Br2N3O2S/c1-16(7-8-5-14-15-6-8)19(17,18)11-3-2-9(12)4-10(11)13/h2-6H,7H2,1H3,(H,14,15). The minimum absolute atomic E-state index is 0.238. The third kappa shape index (κ3) is 3.25. The summed E-state index contributed by atoms with van der Waals surface area (Å²) >= 11 is 6.57.